The highest BCUT2D eigenvalue weighted by atomic mass is 79.9. The van der Waals surface area contributed by atoms with Crippen LogP contribution in [0.25, 0.3) is 0 Å². The summed E-state index contributed by atoms with van der Waals surface area (Å²) in [5, 5.41) is 5.54. The predicted octanol–water partition coefficient (Wildman–Crippen LogP) is 5.98. The number of hydrogen-bond donors (Lipinski definition) is 2. The standard InChI is InChI=1S/C24H23BrN2O3S/c1-2-22(24(29)27-21-14-7-6-13-20(21)25)31-19-12-8-9-17(15-19)26-23(28)16-30-18-10-4-3-5-11-18/h3-15,22H,2,16H2,1H3,(H,26,28)(H,27,29). The van der Waals surface area contributed by atoms with E-state index in [0.717, 1.165) is 15.1 Å². The third-order valence-electron chi connectivity index (χ3n) is 4.30. The van der Waals surface area contributed by atoms with Gasteiger partial charge in [-0.2, -0.15) is 0 Å². The summed E-state index contributed by atoms with van der Waals surface area (Å²) in [6.07, 6.45) is 0.669. The molecule has 0 bridgehead atoms. The van der Waals surface area contributed by atoms with Gasteiger partial charge in [-0.1, -0.05) is 43.3 Å². The van der Waals surface area contributed by atoms with Gasteiger partial charge in [0.15, 0.2) is 6.61 Å². The number of ether oxygens (including phenoxy) is 1. The summed E-state index contributed by atoms with van der Waals surface area (Å²) in [5.74, 6) is 0.332. The van der Waals surface area contributed by atoms with Crippen molar-refractivity contribution in [2.75, 3.05) is 17.2 Å². The van der Waals surface area contributed by atoms with Crippen LogP contribution in [0.1, 0.15) is 13.3 Å². The summed E-state index contributed by atoms with van der Waals surface area (Å²) in [4.78, 5) is 25.9. The van der Waals surface area contributed by atoms with Crippen LogP contribution in [-0.2, 0) is 9.59 Å². The topological polar surface area (TPSA) is 67.4 Å². The van der Waals surface area contributed by atoms with E-state index < -0.39 is 0 Å². The maximum atomic E-state index is 12.7. The van der Waals surface area contributed by atoms with E-state index in [1.807, 2.05) is 73.7 Å². The lowest BCUT2D eigenvalue weighted by Gasteiger charge is -2.16. The molecule has 0 saturated heterocycles. The Hall–Kier alpha value is -2.77. The smallest absolute Gasteiger partial charge is 0.262 e. The van der Waals surface area contributed by atoms with Crippen molar-refractivity contribution in [3.63, 3.8) is 0 Å². The van der Waals surface area contributed by atoms with E-state index in [-0.39, 0.29) is 23.7 Å². The minimum absolute atomic E-state index is 0.0647. The van der Waals surface area contributed by atoms with E-state index >= 15 is 0 Å². The Morgan fingerprint density at radius 2 is 1.71 bits per heavy atom. The highest BCUT2D eigenvalue weighted by Crippen LogP contribution is 2.29. The van der Waals surface area contributed by atoms with Crippen LogP contribution in [0.5, 0.6) is 5.75 Å². The van der Waals surface area contributed by atoms with Crippen LogP contribution in [0.15, 0.2) is 88.2 Å². The van der Waals surface area contributed by atoms with Crippen molar-refractivity contribution < 1.29 is 14.3 Å². The number of carbonyl (C=O) groups excluding carboxylic acids is 2. The number of thioether (sulfide) groups is 1. The van der Waals surface area contributed by atoms with E-state index in [9.17, 15) is 9.59 Å². The van der Waals surface area contributed by atoms with Crippen molar-refractivity contribution >= 4 is 50.9 Å². The number of carbonyl (C=O) groups is 2. The quantitative estimate of drug-likeness (QED) is 0.356. The van der Waals surface area contributed by atoms with Crippen LogP contribution in [-0.4, -0.2) is 23.7 Å². The number of rotatable bonds is 9. The summed E-state index contributed by atoms with van der Waals surface area (Å²) in [6, 6.07) is 24.2. The molecule has 31 heavy (non-hydrogen) atoms. The fourth-order valence-electron chi connectivity index (χ4n) is 2.77. The largest absolute Gasteiger partial charge is 0.484 e. The molecule has 0 aliphatic heterocycles. The van der Waals surface area contributed by atoms with Gasteiger partial charge in [-0.3, -0.25) is 9.59 Å². The molecule has 5 nitrogen and oxygen atoms in total. The lowest BCUT2D eigenvalue weighted by molar-refractivity contribution is -0.118. The summed E-state index contributed by atoms with van der Waals surface area (Å²) >= 11 is 4.91. The number of para-hydroxylation sites is 2. The molecule has 3 aromatic carbocycles. The normalized spacial score (nSPS) is 11.4. The van der Waals surface area contributed by atoms with Gasteiger partial charge in [0.25, 0.3) is 5.91 Å². The molecule has 0 aliphatic carbocycles. The van der Waals surface area contributed by atoms with Crippen molar-refractivity contribution in [3.8, 4) is 5.75 Å². The molecule has 2 N–H and O–H groups in total. The zero-order valence-corrected chi connectivity index (χ0v) is 19.4. The lowest BCUT2D eigenvalue weighted by Crippen LogP contribution is -2.24. The third-order valence-corrected chi connectivity index (χ3v) is 6.35. The predicted molar refractivity (Wildman–Crippen MR) is 130 cm³/mol. The number of halogens is 1. The maximum absolute atomic E-state index is 12.7. The first-order valence-corrected chi connectivity index (χ1v) is 11.5. The molecular formula is C24H23BrN2O3S. The van der Waals surface area contributed by atoms with Gasteiger partial charge in [0.1, 0.15) is 5.75 Å². The number of amides is 2. The van der Waals surface area contributed by atoms with Crippen molar-refractivity contribution in [2.24, 2.45) is 0 Å². The molecule has 0 aromatic heterocycles. The van der Waals surface area contributed by atoms with E-state index in [0.29, 0.717) is 17.9 Å². The zero-order chi connectivity index (χ0) is 22.1. The maximum Gasteiger partial charge on any atom is 0.262 e. The summed E-state index contributed by atoms with van der Waals surface area (Å²) in [7, 11) is 0. The Morgan fingerprint density at radius 3 is 2.45 bits per heavy atom. The second kappa shape index (κ2) is 11.6. The Bertz CT molecular complexity index is 1030. The first-order valence-electron chi connectivity index (χ1n) is 9.85. The Kier molecular flexibility index (Phi) is 8.55. The van der Waals surface area contributed by atoms with E-state index in [4.69, 9.17) is 4.74 Å². The fourth-order valence-corrected chi connectivity index (χ4v) is 4.17. The van der Waals surface area contributed by atoms with Crippen molar-refractivity contribution in [2.45, 2.75) is 23.5 Å². The first-order chi connectivity index (χ1) is 15.0. The molecule has 1 atom stereocenters. The Balaban J connectivity index is 1.57. The minimum Gasteiger partial charge on any atom is -0.484 e. The SMILES string of the molecule is CCC(Sc1cccc(NC(=O)COc2ccccc2)c1)C(=O)Nc1ccccc1Br. The van der Waals surface area contributed by atoms with Gasteiger partial charge >= 0.3 is 0 Å². The highest BCUT2D eigenvalue weighted by molar-refractivity contribution is 9.10. The molecule has 2 amide bonds. The van der Waals surface area contributed by atoms with E-state index in [2.05, 4.69) is 26.6 Å². The molecule has 0 saturated carbocycles. The van der Waals surface area contributed by atoms with E-state index in [1.165, 1.54) is 11.8 Å². The van der Waals surface area contributed by atoms with Gasteiger partial charge < -0.3 is 15.4 Å². The molecule has 0 aliphatic rings. The van der Waals surface area contributed by atoms with Crippen LogP contribution in [0.4, 0.5) is 11.4 Å². The van der Waals surface area contributed by atoms with Gasteiger partial charge in [-0.15, -0.1) is 11.8 Å². The van der Waals surface area contributed by atoms with Crippen LogP contribution >= 0.6 is 27.7 Å². The van der Waals surface area contributed by atoms with Crippen molar-refractivity contribution in [1.82, 2.24) is 0 Å². The van der Waals surface area contributed by atoms with Crippen LogP contribution < -0.4 is 15.4 Å². The molecule has 160 valence electrons. The molecule has 0 spiro atoms. The van der Waals surface area contributed by atoms with Crippen molar-refractivity contribution in [3.05, 3.63) is 83.3 Å². The summed E-state index contributed by atoms with van der Waals surface area (Å²) in [5.41, 5.74) is 1.40. The average Bonchev–Trinajstić information content (AvgIpc) is 2.78. The Labute approximate surface area is 194 Å². The Morgan fingerprint density at radius 1 is 0.968 bits per heavy atom. The first kappa shape index (κ1) is 22.9. The van der Waals surface area contributed by atoms with Crippen LogP contribution in [0.3, 0.4) is 0 Å². The zero-order valence-electron chi connectivity index (χ0n) is 17.0. The van der Waals surface area contributed by atoms with Crippen LogP contribution in [0.2, 0.25) is 0 Å². The molecule has 0 fully saturated rings. The minimum atomic E-state index is -0.264. The average molecular weight is 499 g/mol. The molecule has 1 unspecified atom stereocenters. The summed E-state index contributed by atoms with van der Waals surface area (Å²) < 4.78 is 6.31. The number of nitrogens with one attached hydrogen (secondary N) is 2. The highest BCUT2D eigenvalue weighted by Gasteiger charge is 2.19. The van der Waals surface area contributed by atoms with Gasteiger partial charge in [-0.05, 0) is 64.8 Å². The van der Waals surface area contributed by atoms with E-state index in [1.54, 1.807) is 12.1 Å². The van der Waals surface area contributed by atoms with Gasteiger partial charge in [0, 0.05) is 15.1 Å². The molecule has 7 heteroatoms. The molecule has 3 aromatic rings. The number of hydrogen-bond acceptors (Lipinski definition) is 4. The van der Waals surface area contributed by atoms with Gasteiger partial charge in [-0.25, -0.2) is 0 Å². The molecular weight excluding hydrogens is 476 g/mol. The monoisotopic (exact) mass is 498 g/mol. The fraction of sp³-hybridized carbons (Fsp3) is 0.167. The number of anilines is 2. The lowest BCUT2D eigenvalue weighted by atomic mass is 10.3. The summed E-state index contributed by atoms with van der Waals surface area (Å²) in [6.45, 7) is 1.90. The second-order valence-corrected chi connectivity index (χ2v) is 8.79. The second-order valence-electron chi connectivity index (χ2n) is 6.66. The number of benzene rings is 3. The van der Waals surface area contributed by atoms with Gasteiger partial charge in [0.2, 0.25) is 5.91 Å². The molecule has 3 rings (SSSR count). The molecule has 0 radical (unpaired) electrons. The van der Waals surface area contributed by atoms with Gasteiger partial charge in [0.05, 0.1) is 10.9 Å². The molecule has 0 heterocycles. The third kappa shape index (κ3) is 7.15. The van der Waals surface area contributed by atoms with Crippen molar-refractivity contribution in [1.29, 1.82) is 0 Å². The van der Waals surface area contributed by atoms with Crippen LogP contribution in [0, 0.1) is 0 Å².